The minimum Gasteiger partial charge on any atom is -0.467 e. The molecule has 0 aliphatic carbocycles. The number of thiazole rings is 1. The number of methoxy groups -OCH3 is 1. The van der Waals surface area contributed by atoms with Crippen molar-refractivity contribution in [2.45, 2.75) is 18.6 Å². The summed E-state index contributed by atoms with van der Waals surface area (Å²) in [6.07, 6.45) is 2.02. The first-order valence-corrected chi connectivity index (χ1v) is 8.28. The lowest BCUT2D eigenvalue weighted by Gasteiger charge is -2.17. The fourth-order valence-corrected chi connectivity index (χ4v) is 4.21. The van der Waals surface area contributed by atoms with Crippen molar-refractivity contribution in [3.8, 4) is 9.88 Å². The summed E-state index contributed by atoms with van der Waals surface area (Å²) < 4.78 is 18.9. The van der Waals surface area contributed by atoms with E-state index < -0.39 is 11.6 Å². The van der Waals surface area contributed by atoms with Crippen LogP contribution in [0.25, 0.3) is 9.88 Å². The highest BCUT2D eigenvalue weighted by Gasteiger charge is 2.46. The molecule has 0 spiro atoms. The molecule has 1 saturated heterocycles. The van der Waals surface area contributed by atoms with Gasteiger partial charge in [0.2, 0.25) is 5.67 Å². The number of esters is 1. The monoisotopic (exact) mass is 326 g/mol. The molecule has 0 aromatic carbocycles. The molecule has 0 bridgehead atoms. The van der Waals surface area contributed by atoms with E-state index in [1.807, 2.05) is 28.6 Å². The summed E-state index contributed by atoms with van der Waals surface area (Å²) in [4.78, 5) is 20.0. The molecule has 1 aliphatic rings. The van der Waals surface area contributed by atoms with E-state index in [1.165, 1.54) is 7.11 Å². The fraction of sp³-hybridized carbons (Fsp3) is 0.429. The molecule has 3 rings (SSSR count). The zero-order valence-electron chi connectivity index (χ0n) is 11.5. The van der Waals surface area contributed by atoms with Gasteiger partial charge >= 0.3 is 5.97 Å². The lowest BCUT2D eigenvalue weighted by molar-refractivity contribution is -0.153. The molecule has 0 N–H and O–H groups in total. The van der Waals surface area contributed by atoms with Crippen molar-refractivity contribution >= 4 is 28.6 Å². The first kappa shape index (κ1) is 14.6. The minimum absolute atomic E-state index is 0.0892. The molecule has 1 aliphatic heterocycles. The molecular formula is C14H15FN2O2S2. The average Bonchev–Trinajstić information content (AvgIpc) is 3.19. The Kier molecular flexibility index (Phi) is 4.05. The highest BCUT2D eigenvalue weighted by atomic mass is 32.1. The number of hydrogen-bond acceptors (Lipinski definition) is 6. The van der Waals surface area contributed by atoms with Crippen LogP contribution in [0.3, 0.4) is 0 Å². The van der Waals surface area contributed by atoms with Crippen LogP contribution >= 0.6 is 22.7 Å². The van der Waals surface area contributed by atoms with Crippen LogP contribution in [0.5, 0.6) is 0 Å². The summed E-state index contributed by atoms with van der Waals surface area (Å²) in [6, 6.07) is 4.03. The van der Waals surface area contributed by atoms with E-state index in [9.17, 15) is 9.18 Å². The SMILES string of the molecule is COC(=O)C1(F)CCN(Cc2cnc(-c3cccs3)s2)C1. The van der Waals surface area contributed by atoms with Crippen molar-refractivity contribution in [3.05, 3.63) is 28.6 Å². The summed E-state index contributed by atoms with van der Waals surface area (Å²) in [5.74, 6) is -0.770. The first-order chi connectivity index (χ1) is 10.1. The second-order valence-electron chi connectivity index (χ2n) is 5.03. The van der Waals surface area contributed by atoms with Crippen LogP contribution < -0.4 is 0 Å². The van der Waals surface area contributed by atoms with Crippen LogP contribution in [0.1, 0.15) is 11.3 Å². The Labute approximate surface area is 130 Å². The number of nitrogens with zero attached hydrogens (tertiary/aromatic N) is 2. The van der Waals surface area contributed by atoms with Gasteiger partial charge in [-0.2, -0.15) is 0 Å². The van der Waals surface area contributed by atoms with E-state index in [4.69, 9.17) is 0 Å². The largest absolute Gasteiger partial charge is 0.467 e. The molecule has 1 unspecified atom stereocenters. The molecule has 2 aromatic rings. The van der Waals surface area contributed by atoms with Gasteiger partial charge in [-0.3, -0.25) is 4.90 Å². The van der Waals surface area contributed by atoms with Crippen LogP contribution in [0, 0.1) is 0 Å². The number of thiophene rings is 1. The smallest absolute Gasteiger partial charge is 0.345 e. The number of ether oxygens (including phenoxy) is 1. The molecule has 0 amide bonds. The Morgan fingerprint density at radius 2 is 2.48 bits per heavy atom. The predicted octanol–water partition coefficient (Wildman–Crippen LogP) is 2.96. The fourth-order valence-electron chi connectivity index (χ4n) is 2.45. The minimum atomic E-state index is -1.87. The van der Waals surface area contributed by atoms with Crippen LogP contribution in [0.15, 0.2) is 23.7 Å². The van der Waals surface area contributed by atoms with Crippen molar-refractivity contribution < 1.29 is 13.9 Å². The molecule has 21 heavy (non-hydrogen) atoms. The Hall–Kier alpha value is -1.31. The van der Waals surface area contributed by atoms with E-state index in [-0.39, 0.29) is 13.0 Å². The van der Waals surface area contributed by atoms with E-state index in [2.05, 4.69) is 9.72 Å². The van der Waals surface area contributed by atoms with Crippen molar-refractivity contribution in [3.63, 3.8) is 0 Å². The van der Waals surface area contributed by atoms with Crippen LogP contribution in [0.2, 0.25) is 0 Å². The topological polar surface area (TPSA) is 42.4 Å². The normalized spacial score (nSPS) is 22.6. The van der Waals surface area contributed by atoms with Crippen molar-refractivity contribution in [2.75, 3.05) is 20.2 Å². The highest BCUT2D eigenvalue weighted by molar-refractivity contribution is 7.20. The summed E-state index contributed by atoms with van der Waals surface area (Å²) in [7, 11) is 1.23. The van der Waals surface area contributed by atoms with Gasteiger partial charge in [0.15, 0.2) is 0 Å². The maximum Gasteiger partial charge on any atom is 0.345 e. The van der Waals surface area contributed by atoms with E-state index >= 15 is 0 Å². The zero-order chi connectivity index (χ0) is 14.9. The molecule has 0 radical (unpaired) electrons. The van der Waals surface area contributed by atoms with Gasteiger partial charge in [0, 0.05) is 37.1 Å². The van der Waals surface area contributed by atoms with Crippen LogP contribution in [-0.2, 0) is 16.1 Å². The summed E-state index contributed by atoms with van der Waals surface area (Å²) in [6.45, 7) is 1.26. The molecular weight excluding hydrogens is 311 g/mol. The summed E-state index contributed by atoms with van der Waals surface area (Å²) in [5, 5.41) is 3.00. The van der Waals surface area contributed by atoms with E-state index in [0.29, 0.717) is 13.1 Å². The van der Waals surface area contributed by atoms with Gasteiger partial charge in [0.1, 0.15) is 5.01 Å². The molecule has 1 fully saturated rings. The number of aromatic nitrogens is 1. The van der Waals surface area contributed by atoms with Crippen molar-refractivity contribution in [2.24, 2.45) is 0 Å². The molecule has 4 nitrogen and oxygen atoms in total. The number of carbonyl (C=O) groups excluding carboxylic acids is 1. The Bertz CT molecular complexity index is 629. The molecule has 1 atom stereocenters. The predicted molar refractivity (Wildman–Crippen MR) is 81.2 cm³/mol. The number of hydrogen-bond donors (Lipinski definition) is 0. The van der Waals surface area contributed by atoms with E-state index in [1.54, 1.807) is 22.7 Å². The number of rotatable bonds is 4. The molecule has 3 heterocycles. The number of likely N-dealkylation sites (tertiary alicyclic amines) is 1. The van der Waals surface area contributed by atoms with E-state index in [0.717, 1.165) is 14.8 Å². The third kappa shape index (κ3) is 3.00. The Morgan fingerprint density at radius 1 is 1.62 bits per heavy atom. The van der Waals surface area contributed by atoms with Gasteiger partial charge in [-0.1, -0.05) is 6.07 Å². The van der Waals surface area contributed by atoms with Crippen molar-refractivity contribution in [1.82, 2.24) is 9.88 Å². The quantitative estimate of drug-likeness (QED) is 0.810. The van der Waals surface area contributed by atoms with Gasteiger partial charge in [-0.05, 0) is 11.4 Å². The molecule has 2 aromatic heterocycles. The van der Waals surface area contributed by atoms with Gasteiger partial charge in [-0.25, -0.2) is 14.2 Å². The number of alkyl halides is 1. The highest BCUT2D eigenvalue weighted by Crippen LogP contribution is 2.32. The summed E-state index contributed by atoms with van der Waals surface area (Å²) >= 11 is 3.26. The maximum absolute atomic E-state index is 14.4. The van der Waals surface area contributed by atoms with Gasteiger partial charge in [-0.15, -0.1) is 22.7 Å². The number of halogens is 1. The van der Waals surface area contributed by atoms with Gasteiger partial charge < -0.3 is 4.74 Å². The standard InChI is InChI=1S/C14H15FN2O2S2/c1-19-13(18)14(15)4-5-17(9-14)8-10-7-16-12(21-10)11-3-2-6-20-11/h2-3,6-7H,4-5,8-9H2,1H3. The molecule has 112 valence electrons. The van der Waals surface area contributed by atoms with Gasteiger partial charge in [0.25, 0.3) is 0 Å². The lowest BCUT2D eigenvalue weighted by Crippen LogP contribution is -2.37. The van der Waals surface area contributed by atoms with Crippen molar-refractivity contribution in [1.29, 1.82) is 0 Å². The molecule has 0 saturated carbocycles. The Morgan fingerprint density at radius 3 is 3.19 bits per heavy atom. The first-order valence-electron chi connectivity index (χ1n) is 6.59. The Balaban J connectivity index is 1.65. The summed E-state index contributed by atoms with van der Waals surface area (Å²) in [5.41, 5.74) is -1.87. The van der Waals surface area contributed by atoms with Crippen LogP contribution in [-0.4, -0.2) is 41.7 Å². The lowest BCUT2D eigenvalue weighted by atomic mass is 10.1. The average molecular weight is 326 g/mol. The number of carbonyl (C=O) groups is 1. The third-order valence-corrected chi connectivity index (χ3v) is 5.54. The second-order valence-corrected chi connectivity index (χ2v) is 7.09. The third-order valence-electron chi connectivity index (χ3n) is 3.51. The second kappa shape index (κ2) is 5.82. The maximum atomic E-state index is 14.4. The van der Waals surface area contributed by atoms with Crippen LogP contribution in [0.4, 0.5) is 4.39 Å². The zero-order valence-corrected chi connectivity index (χ0v) is 13.2. The molecule has 7 heteroatoms. The van der Waals surface area contributed by atoms with Gasteiger partial charge in [0.05, 0.1) is 12.0 Å².